The molecular formula is C19H27BrN2O4. The molecule has 1 fully saturated rings. The van der Waals surface area contributed by atoms with E-state index in [1.54, 1.807) is 27.7 Å². The molecule has 1 saturated heterocycles. The van der Waals surface area contributed by atoms with E-state index in [2.05, 4.69) is 21.2 Å². The quantitative estimate of drug-likeness (QED) is 0.772. The standard InChI is InChI=1S/C19H27BrN2O4/c1-12(23)16(13-7-9-14(20)10-8-13)21-17(24)15-6-5-11-22(15)18(25)26-19(2,3)4/h7-10,12,15-16,23H,5-6,11H2,1-4H3,(H,21,24). The van der Waals surface area contributed by atoms with Crippen molar-refractivity contribution in [1.29, 1.82) is 0 Å². The number of hydrogen-bond donors (Lipinski definition) is 2. The minimum Gasteiger partial charge on any atom is -0.444 e. The van der Waals surface area contributed by atoms with E-state index < -0.39 is 29.9 Å². The summed E-state index contributed by atoms with van der Waals surface area (Å²) in [6.07, 6.45) is 0.0799. The molecule has 2 N–H and O–H groups in total. The molecule has 144 valence electrons. The Bertz CT molecular complexity index is 640. The van der Waals surface area contributed by atoms with Crippen LogP contribution in [-0.2, 0) is 9.53 Å². The monoisotopic (exact) mass is 426 g/mol. The van der Waals surface area contributed by atoms with Crippen LogP contribution < -0.4 is 5.32 Å². The third kappa shape index (κ3) is 5.45. The molecule has 1 aromatic rings. The van der Waals surface area contributed by atoms with Crippen LogP contribution in [0.4, 0.5) is 4.79 Å². The minimum absolute atomic E-state index is 0.276. The van der Waals surface area contributed by atoms with E-state index in [-0.39, 0.29) is 5.91 Å². The molecule has 0 spiro atoms. The topological polar surface area (TPSA) is 78.9 Å². The molecule has 3 atom stereocenters. The summed E-state index contributed by atoms with van der Waals surface area (Å²) in [4.78, 5) is 26.6. The third-order valence-corrected chi connectivity index (χ3v) is 4.72. The zero-order valence-electron chi connectivity index (χ0n) is 15.7. The molecule has 26 heavy (non-hydrogen) atoms. The van der Waals surface area contributed by atoms with Crippen LogP contribution in [0.2, 0.25) is 0 Å². The van der Waals surface area contributed by atoms with Crippen molar-refractivity contribution >= 4 is 27.9 Å². The highest BCUT2D eigenvalue weighted by Crippen LogP contribution is 2.24. The van der Waals surface area contributed by atoms with Gasteiger partial charge in [0.15, 0.2) is 0 Å². The predicted octanol–water partition coefficient (Wildman–Crippen LogP) is 3.39. The average molecular weight is 427 g/mol. The largest absolute Gasteiger partial charge is 0.444 e. The number of nitrogens with one attached hydrogen (secondary N) is 1. The summed E-state index contributed by atoms with van der Waals surface area (Å²) in [7, 11) is 0. The normalized spacial score (nSPS) is 19.8. The number of hydrogen-bond acceptors (Lipinski definition) is 4. The molecule has 1 aliphatic heterocycles. The van der Waals surface area contributed by atoms with Gasteiger partial charge < -0.3 is 15.2 Å². The van der Waals surface area contributed by atoms with Gasteiger partial charge in [-0.1, -0.05) is 28.1 Å². The van der Waals surface area contributed by atoms with Crippen molar-refractivity contribution in [3.63, 3.8) is 0 Å². The molecule has 1 heterocycles. The first-order valence-corrected chi connectivity index (χ1v) is 9.61. The van der Waals surface area contributed by atoms with Gasteiger partial charge >= 0.3 is 6.09 Å². The van der Waals surface area contributed by atoms with Crippen molar-refractivity contribution in [2.24, 2.45) is 0 Å². The van der Waals surface area contributed by atoms with Crippen LogP contribution in [0, 0.1) is 0 Å². The van der Waals surface area contributed by atoms with Gasteiger partial charge in [-0.25, -0.2) is 4.79 Å². The zero-order valence-corrected chi connectivity index (χ0v) is 17.2. The zero-order chi connectivity index (χ0) is 19.5. The van der Waals surface area contributed by atoms with Gasteiger partial charge in [0, 0.05) is 11.0 Å². The minimum atomic E-state index is -0.767. The second-order valence-corrected chi connectivity index (χ2v) is 8.53. The lowest BCUT2D eigenvalue weighted by atomic mass is 10.0. The van der Waals surface area contributed by atoms with Crippen molar-refractivity contribution in [2.45, 2.75) is 64.3 Å². The Kier molecular flexibility index (Phi) is 6.69. The predicted molar refractivity (Wildman–Crippen MR) is 103 cm³/mol. The summed E-state index contributed by atoms with van der Waals surface area (Å²) >= 11 is 3.38. The summed E-state index contributed by atoms with van der Waals surface area (Å²) in [5, 5.41) is 13.0. The number of likely N-dealkylation sites (tertiary alicyclic amines) is 1. The highest BCUT2D eigenvalue weighted by Gasteiger charge is 2.37. The number of carbonyl (C=O) groups excluding carboxylic acids is 2. The number of aliphatic hydroxyl groups is 1. The Hall–Kier alpha value is -1.60. The number of nitrogens with zero attached hydrogens (tertiary/aromatic N) is 1. The number of ether oxygens (including phenoxy) is 1. The van der Waals surface area contributed by atoms with Crippen LogP contribution in [-0.4, -0.2) is 46.3 Å². The molecule has 0 aliphatic carbocycles. The van der Waals surface area contributed by atoms with Crippen molar-refractivity contribution in [3.05, 3.63) is 34.3 Å². The van der Waals surface area contributed by atoms with Crippen molar-refractivity contribution < 1.29 is 19.4 Å². The molecule has 2 amide bonds. The van der Waals surface area contributed by atoms with Gasteiger partial charge in [0.2, 0.25) is 5.91 Å². The Morgan fingerprint density at radius 3 is 2.46 bits per heavy atom. The van der Waals surface area contributed by atoms with Crippen LogP contribution in [0.5, 0.6) is 0 Å². The maximum Gasteiger partial charge on any atom is 0.410 e. The van der Waals surface area contributed by atoms with Gasteiger partial charge in [-0.15, -0.1) is 0 Å². The van der Waals surface area contributed by atoms with Crippen LogP contribution in [0.1, 0.15) is 52.1 Å². The smallest absolute Gasteiger partial charge is 0.410 e. The first-order chi connectivity index (χ1) is 12.1. The fraction of sp³-hybridized carbons (Fsp3) is 0.579. The second kappa shape index (κ2) is 8.39. The van der Waals surface area contributed by atoms with Crippen LogP contribution in [0.25, 0.3) is 0 Å². The molecule has 0 saturated carbocycles. The maximum atomic E-state index is 12.8. The first-order valence-electron chi connectivity index (χ1n) is 8.82. The van der Waals surface area contributed by atoms with E-state index in [1.807, 2.05) is 24.3 Å². The molecule has 1 aliphatic rings. The average Bonchev–Trinajstić information content (AvgIpc) is 3.01. The van der Waals surface area contributed by atoms with Gasteiger partial charge in [0.1, 0.15) is 11.6 Å². The van der Waals surface area contributed by atoms with Crippen molar-refractivity contribution in [2.75, 3.05) is 6.54 Å². The van der Waals surface area contributed by atoms with Crippen molar-refractivity contribution in [3.8, 4) is 0 Å². The van der Waals surface area contributed by atoms with E-state index >= 15 is 0 Å². The summed E-state index contributed by atoms with van der Waals surface area (Å²) in [6, 6.07) is 6.29. The maximum absolute atomic E-state index is 12.8. The van der Waals surface area contributed by atoms with E-state index in [9.17, 15) is 14.7 Å². The number of amides is 2. The Labute approximate surface area is 163 Å². The molecule has 0 aromatic heterocycles. The molecule has 7 heteroatoms. The summed E-state index contributed by atoms with van der Waals surface area (Å²) in [5.41, 5.74) is 0.193. The molecule has 0 bridgehead atoms. The molecule has 0 radical (unpaired) electrons. The van der Waals surface area contributed by atoms with Crippen LogP contribution in [0.15, 0.2) is 28.7 Å². The number of carbonyl (C=O) groups is 2. The second-order valence-electron chi connectivity index (χ2n) is 7.61. The molecule has 6 nitrogen and oxygen atoms in total. The lowest BCUT2D eigenvalue weighted by molar-refractivity contribution is -0.127. The first kappa shape index (κ1) is 20.7. The lowest BCUT2D eigenvalue weighted by Crippen LogP contribution is -2.49. The molecule has 3 unspecified atom stereocenters. The summed E-state index contributed by atoms with van der Waals surface area (Å²) in [6.45, 7) is 7.52. The number of rotatable bonds is 4. The van der Waals surface area contributed by atoms with Crippen LogP contribution >= 0.6 is 15.9 Å². The van der Waals surface area contributed by atoms with E-state index in [4.69, 9.17) is 4.74 Å². The number of benzene rings is 1. The fourth-order valence-corrected chi connectivity index (χ4v) is 3.24. The van der Waals surface area contributed by atoms with Gasteiger partial charge in [0.05, 0.1) is 12.1 Å². The van der Waals surface area contributed by atoms with Gasteiger partial charge in [-0.3, -0.25) is 9.69 Å². The number of halogens is 1. The van der Waals surface area contributed by atoms with Gasteiger partial charge in [-0.05, 0) is 58.2 Å². The third-order valence-electron chi connectivity index (χ3n) is 4.19. The Morgan fingerprint density at radius 2 is 1.92 bits per heavy atom. The summed E-state index contributed by atoms with van der Waals surface area (Å²) in [5.74, 6) is -0.276. The highest BCUT2D eigenvalue weighted by atomic mass is 79.9. The van der Waals surface area contributed by atoms with E-state index in [0.29, 0.717) is 13.0 Å². The number of aliphatic hydroxyl groups excluding tert-OH is 1. The summed E-state index contributed by atoms with van der Waals surface area (Å²) < 4.78 is 6.32. The van der Waals surface area contributed by atoms with E-state index in [0.717, 1.165) is 16.5 Å². The van der Waals surface area contributed by atoms with Crippen LogP contribution in [0.3, 0.4) is 0 Å². The lowest BCUT2D eigenvalue weighted by Gasteiger charge is -2.30. The molecular weight excluding hydrogens is 400 g/mol. The Balaban J connectivity index is 2.10. The SMILES string of the molecule is CC(O)C(NC(=O)C1CCCN1C(=O)OC(C)(C)C)c1ccc(Br)cc1. The highest BCUT2D eigenvalue weighted by molar-refractivity contribution is 9.10. The fourth-order valence-electron chi connectivity index (χ4n) is 2.98. The Morgan fingerprint density at radius 1 is 1.31 bits per heavy atom. The van der Waals surface area contributed by atoms with Gasteiger partial charge in [-0.2, -0.15) is 0 Å². The van der Waals surface area contributed by atoms with E-state index in [1.165, 1.54) is 4.90 Å². The molecule has 1 aromatic carbocycles. The van der Waals surface area contributed by atoms with Crippen molar-refractivity contribution in [1.82, 2.24) is 10.2 Å². The molecule has 2 rings (SSSR count). The van der Waals surface area contributed by atoms with Gasteiger partial charge in [0.25, 0.3) is 0 Å².